The highest BCUT2D eigenvalue weighted by Crippen LogP contribution is 2.17. The minimum Gasteiger partial charge on any atom is -0.368 e. The number of hydrogen-bond donors (Lipinski definition) is 17. The van der Waals surface area contributed by atoms with Crippen LogP contribution in [0.3, 0.4) is 0 Å². The van der Waals surface area contributed by atoms with Crippen LogP contribution in [0.4, 0.5) is 0 Å². The fourth-order valence-corrected chi connectivity index (χ4v) is 11.7. The molecule has 0 spiro atoms. The molecule has 2 aromatic rings. The van der Waals surface area contributed by atoms with Gasteiger partial charge in [0.05, 0.1) is 0 Å². The van der Waals surface area contributed by atoms with Gasteiger partial charge in [-0.25, -0.2) is 0 Å². The summed E-state index contributed by atoms with van der Waals surface area (Å²) in [7, 11) is 0. The van der Waals surface area contributed by atoms with Crippen LogP contribution in [-0.2, 0) is 70.4 Å². The molecular formula is C74H127N17O12. The molecule has 0 radical (unpaired) electrons. The molecule has 29 nitrogen and oxygen atoms in total. The SMILES string of the molecule is CC[C@H](C)[C@H](NC(=O)[C@H](CCCCN)NC(=O)[C@H](CCCCN)NC(=O)[C@H](Cc1ccccc1)NC(=O)[C@H](CC(C)C)NC(=O)[C@H](CCCCN)NC(=O)[C@H](CCCCN)NC(C)=O)C(=O)N[C@@H](CC(C)C)C(=O)N[C@@H](CCCCN)C(=O)N[C@@H](Cc1ccccc1)C(=O)N[C@@H](CC(C)C)C(N)=O. The molecule has 0 heterocycles. The standard InChI is InChI=1S/C74H127N17O12/c1-10-49(8)63(74(103)90-60(43-48(6)7)70(99)84-56(34-20-25-39-78)68(97)88-62(45-52-29-15-12-16-30-52)73(102)86-58(64(80)93)41-46(2)3)91-69(98)57(35-21-26-40-79)83-66(95)54(32-18-23-37-76)85-72(101)61(44-51-27-13-11-14-28-51)89-71(100)59(42-47(4)5)87-67(96)55(33-19-24-38-77)82-65(94)53(81-50(9)92)31-17-22-36-75/h11-16,27-30,46-49,53-63H,10,17-26,31-45,75-79H2,1-9H3,(H2,80,93)(H,81,92)(H,82,94)(H,83,95)(H,84,99)(H,85,101)(H,86,102)(H,87,96)(H,88,97)(H,89,100)(H,90,103)(H,91,98)/t49-,53-,54-,55-,56-,57-,58-,59-,60-,61-,62-,63-/m0/s1. The number of hydrogen-bond acceptors (Lipinski definition) is 17. The zero-order valence-corrected chi connectivity index (χ0v) is 62.7. The molecule has 2 aromatic carbocycles. The van der Waals surface area contributed by atoms with Crippen LogP contribution in [0.5, 0.6) is 0 Å². The predicted molar refractivity (Wildman–Crippen MR) is 399 cm³/mol. The van der Waals surface area contributed by atoms with E-state index in [-0.39, 0.29) is 102 Å². The molecule has 103 heavy (non-hydrogen) atoms. The maximum Gasteiger partial charge on any atom is 0.243 e. The molecule has 0 saturated carbocycles. The summed E-state index contributed by atoms with van der Waals surface area (Å²) in [5, 5.41) is 30.9. The molecule has 0 bridgehead atoms. The first-order valence-electron chi connectivity index (χ1n) is 37.2. The van der Waals surface area contributed by atoms with Gasteiger partial charge in [-0.2, -0.15) is 0 Å². The Morgan fingerprint density at radius 2 is 0.553 bits per heavy atom. The lowest BCUT2D eigenvalue weighted by atomic mass is 9.95. The topological polar surface area (TPSA) is 493 Å². The second-order valence-electron chi connectivity index (χ2n) is 28.3. The van der Waals surface area contributed by atoms with E-state index in [2.05, 4.69) is 58.5 Å². The average Bonchev–Trinajstić information content (AvgIpc) is 0.855. The van der Waals surface area contributed by atoms with Crippen molar-refractivity contribution in [3.63, 3.8) is 0 Å². The van der Waals surface area contributed by atoms with Crippen LogP contribution >= 0.6 is 0 Å². The number of rotatable bonds is 54. The van der Waals surface area contributed by atoms with E-state index in [9.17, 15) is 57.5 Å². The third-order valence-electron chi connectivity index (χ3n) is 17.6. The van der Waals surface area contributed by atoms with Crippen molar-refractivity contribution in [1.29, 1.82) is 0 Å². The van der Waals surface area contributed by atoms with Gasteiger partial charge in [-0.3, -0.25) is 57.5 Å². The third kappa shape index (κ3) is 36.7. The molecule has 0 aliphatic carbocycles. The lowest BCUT2D eigenvalue weighted by molar-refractivity contribution is -0.137. The van der Waals surface area contributed by atoms with Gasteiger partial charge in [-0.05, 0) is 183 Å². The van der Waals surface area contributed by atoms with E-state index >= 15 is 0 Å². The fraction of sp³-hybridized carbons (Fsp3) is 0.676. The Morgan fingerprint density at radius 3 is 0.835 bits per heavy atom. The smallest absolute Gasteiger partial charge is 0.243 e. The minimum atomic E-state index is -1.34. The number of nitrogens with two attached hydrogens (primary N) is 6. The van der Waals surface area contributed by atoms with Gasteiger partial charge >= 0.3 is 0 Å². The van der Waals surface area contributed by atoms with E-state index in [1.807, 2.05) is 48.5 Å². The van der Waals surface area contributed by atoms with Crippen LogP contribution < -0.4 is 92.9 Å². The lowest BCUT2D eigenvalue weighted by Crippen LogP contribution is -2.61. The first-order valence-corrected chi connectivity index (χ1v) is 37.2. The zero-order valence-electron chi connectivity index (χ0n) is 62.7. The van der Waals surface area contributed by atoms with E-state index in [0.717, 1.165) is 0 Å². The lowest BCUT2D eigenvalue weighted by Gasteiger charge is -2.30. The van der Waals surface area contributed by atoms with Gasteiger partial charge in [-0.15, -0.1) is 0 Å². The highest BCUT2D eigenvalue weighted by molar-refractivity contribution is 5.99. The highest BCUT2D eigenvalue weighted by atomic mass is 16.2. The van der Waals surface area contributed by atoms with Crippen molar-refractivity contribution in [2.24, 2.45) is 58.1 Å². The molecule has 0 aliphatic rings. The zero-order chi connectivity index (χ0) is 77.0. The normalized spacial score (nSPS) is 14.8. The predicted octanol–water partition coefficient (Wildman–Crippen LogP) is 1.14. The number of amides is 12. The van der Waals surface area contributed by atoms with Gasteiger partial charge < -0.3 is 92.9 Å². The van der Waals surface area contributed by atoms with Gasteiger partial charge in [-0.1, -0.05) is 122 Å². The van der Waals surface area contributed by atoms with E-state index in [1.54, 1.807) is 67.6 Å². The van der Waals surface area contributed by atoms with Crippen LogP contribution in [-0.4, -0.2) is 170 Å². The molecule has 0 saturated heterocycles. The first-order chi connectivity index (χ1) is 49.0. The molecule has 2 rings (SSSR count). The summed E-state index contributed by atoms with van der Waals surface area (Å²) in [6, 6.07) is 4.50. The Labute approximate surface area is 610 Å². The summed E-state index contributed by atoms with van der Waals surface area (Å²) < 4.78 is 0. The van der Waals surface area contributed by atoms with Crippen molar-refractivity contribution in [2.75, 3.05) is 32.7 Å². The Balaban J connectivity index is 2.59. The van der Waals surface area contributed by atoms with Gasteiger partial charge in [0, 0.05) is 19.8 Å². The van der Waals surface area contributed by atoms with Crippen LogP contribution in [0, 0.1) is 23.7 Å². The molecule has 0 fully saturated rings. The minimum absolute atomic E-state index is 0.00857. The van der Waals surface area contributed by atoms with Crippen molar-refractivity contribution in [3.8, 4) is 0 Å². The largest absolute Gasteiger partial charge is 0.368 e. The second-order valence-corrected chi connectivity index (χ2v) is 28.3. The summed E-state index contributed by atoms with van der Waals surface area (Å²) in [6.45, 7) is 17.5. The van der Waals surface area contributed by atoms with E-state index in [4.69, 9.17) is 34.4 Å². The maximum absolute atomic E-state index is 14.9. The summed E-state index contributed by atoms with van der Waals surface area (Å²) in [6.07, 6.45) is 6.02. The van der Waals surface area contributed by atoms with Crippen LogP contribution in [0.1, 0.15) is 195 Å². The van der Waals surface area contributed by atoms with Crippen LogP contribution in [0.25, 0.3) is 0 Å². The summed E-state index contributed by atoms with van der Waals surface area (Å²) in [4.78, 5) is 170. The van der Waals surface area contributed by atoms with Crippen LogP contribution in [0.2, 0.25) is 0 Å². The van der Waals surface area contributed by atoms with Crippen molar-refractivity contribution >= 4 is 70.9 Å². The quantitative estimate of drug-likeness (QED) is 0.0413. The Morgan fingerprint density at radius 1 is 0.311 bits per heavy atom. The number of nitrogens with one attached hydrogen (secondary N) is 11. The Hall–Kier alpha value is -8.12. The molecule has 23 N–H and O–H groups in total. The third-order valence-corrected chi connectivity index (χ3v) is 17.6. The summed E-state index contributed by atoms with van der Waals surface area (Å²) in [5.74, 6) is -9.16. The summed E-state index contributed by atoms with van der Waals surface area (Å²) >= 11 is 0. The first kappa shape index (κ1) is 91.0. The number of primary amides is 1. The van der Waals surface area contributed by atoms with Crippen molar-refractivity contribution in [1.82, 2.24) is 58.5 Å². The number of unbranched alkanes of at least 4 members (excludes halogenated alkanes) is 5. The molecule has 0 aliphatic heterocycles. The second kappa shape index (κ2) is 51.1. The van der Waals surface area contributed by atoms with Gasteiger partial charge in [0.15, 0.2) is 0 Å². The fourth-order valence-electron chi connectivity index (χ4n) is 11.7. The maximum atomic E-state index is 14.9. The highest BCUT2D eigenvalue weighted by Gasteiger charge is 2.38. The van der Waals surface area contributed by atoms with E-state index < -0.39 is 143 Å². The molecule has 0 aromatic heterocycles. The summed E-state index contributed by atoms with van der Waals surface area (Å²) in [5.41, 5.74) is 36.3. The van der Waals surface area contributed by atoms with Crippen molar-refractivity contribution < 1.29 is 57.5 Å². The van der Waals surface area contributed by atoms with Gasteiger partial charge in [0.25, 0.3) is 0 Å². The molecule has 0 unspecified atom stereocenters. The van der Waals surface area contributed by atoms with Gasteiger partial charge in [0.1, 0.15) is 66.5 Å². The monoisotopic (exact) mass is 1450 g/mol. The number of carbonyl (C=O) groups is 12. The average molecular weight is 1450 g/mol. The molecule has 29 heteroatoms. The molecular weight excluding hydrogens is 1320 g/mol. The molecule has 580 valence electrons. The van der Waals surface area contributed by atoms with Gasteiger partial charge in [0.2, 0.25) is 70.9 Å². The van der Waals surface area contributed by atoms with Crippen molar-refractivity contribution in [3.05, 3.63) is 71.8 Å². The number of benzene rings is 2. The molecule has 12 amide bonds. The van der Waals surface area contributed by atoms with Crippen LogP contribution in [0.15, 0.2) is 60.7 Å². The Kier molecular flexibility index (Phi) is 45.1. The number of carbonyl (C=O) groups excluding carboxylic acids is 12. The molecule has 12 atom stereocenters. The van der Waals surface area contributed by atoms with E-state index in [0.29, 0.717) is 94.8 Å². The Bertz CT molecular complexity index is 2910. The van der Waals surface area contributed by atoms with E-state index in [1.165, 1.54) is 6.92 Å². The van der Waals surface area contributed by atoms with Crippen molar-refractivity contribution in [2.45, 2.75) is 264 Å².